The second-order valence-electron chi connectivity index (χ2n) is 5.95. The van der Waals surface area contributed by atoms with Gasteiger partial charge in [0.1, 0.15) is 13.9 Å². The molecular weight excluding hydrogens is 323 g/mol. The van der Waals surface area contributed by atoms with E-state index >= 15 is 0 Å². The van der Waals surface area contributed by atoms with Gasteiger partial charge in [0.25, 0.3) is 0 Å². The van der Waals surface area contributed by atoms with Crippen molar-refractivity contribution in [3.63, 3.8) is 0 Å². The van der Waals surface area contributed by atoms with Crippen LogP contribution >= 0.6 is 8.15 Å². The zero-order chi connectivity index (χ0) is 17.1. The molecule has 0 aliphatic carbocycles. The first-order chi connectivity index (χ1) is 12.3. The number of hydrogen-bond donors (Lipinski definition) is 0. The molecule has 0 N–H and O–H groups in total. The minimum Gasteiger partial charge on any atom is -0.468 e. The summed E-state index contributed by atoms with van der Waals surface area (Å²) in [4.78, 5) is 0. The predicted octanol–water partition coefficient (Wildman–Crippen LogP) is 6.28. The largest absolute Gasteiger partial charge is 0.468 e. The van der Waals surface area contributed by atoms with Crippen LogP contribution in [0.3, 0.4) is 0 Å². The third kappa shape index (κ3) is 3.29. The maximum Gasteiger partial charge on any atom is 0.131 e. The highest BCUT2D eigenvalue weighted by Gasteiger charge is 2.14. The summed E-state index contributed by atoms with van der Waals surface area (Å²) in [6.45, 7) is 3.91. The molecule has 0 heterocycles. The Balaban J connectivity index is 1.79. The van der Waals surface area contributed by atoms with Gasteiger partial charge < -0.3 is 4.52 Å². The Kier molecular flexibility index (Phi) is 4.50. The fourth-order valence-corrected chi connectivity index (χ4v) is 4.57. The minimum atomic E-state index is -0.767. The maximum atomic E-state index is 6.50. The van der Waals surface area contributed by atoms with Crippen LogP contribution in [0, 0.1) is 0 Å². The zero-order valence-electron chi connectivity index (χ0n) is 13.9. The van der Waals surface area contributed by atoms with Crippen molar-refractivity contribution in [1.29, 1.82) is 0 Å². The molecule has 122 valence electrons. The number of allylic oxidation sites excluding steroid dienone is 1. The highest BCUT2D eigenvalue weighted by molar-refractivity contribution is 7.61. The predicted molar refractivity (Wildman–Crippen MR) is 110 cm³/mol. The molecule has 0 amide bonds. The molecule has 25 heavy (non-hydrogen) atoms. The van der Waals surface area contributed by atoms with Gasteiger partial charge in [-0.2, -0.15) is 0 Å². The molecule has 0 fully saturated rings. The summed E-state index contributed by atoms with van der Waals surface area (Å²) in [6, 6.07) is 29.6. The van der Waals surface area contributed by atoms with E-state index < -0.39 is 8.15 Å². The van der Waals surface area contributed by atoms with E-state index in [2.05, 4.69) is 85.4 Å². The standard InChI is InChI=1S/C23H19OP/c1-2-15-25(21-12-4-3-5-13-21)24-23-14-8-11-20-16-18-9-6-7-10-19(18)17-22(20)23/h2-14,16-17H,1,15H2. The molecule has 1 unspecified atom stereocenters. The Morgan fingerprint density at radius 3 is 2.20 bits per heavy atom. The van der Waals surface area contributed by atoms with Gasteiger partial charge in [-0.25, -0.2) is 0 Å². The van der Waals surface area contributed by atoms with Crippen LogP contribution in [0.2, 0.25) is 0 Å². The molecule has 0 spiro atoms. The van der Waals surface area contributed by atoms with Crippen LogP contribution in [0.5, 0.6) is 5.75 Å². The summed E-state index contributed by atoms with van der Waals surface area (Å²) in [5.41, 5.74) is 0. The smallest absolute Gasteiger partial charge is 0.131 e. The van der Waals surface area contributed by atoms with Crippen LogP contribution in [0.25, 0.3) is 21.5 Å². The number of fused-ring (bicyclic) bond motifs is 2. The second kappa shape index (κ2) is 7.09. The van der Waals surface area contributed by atoms with E-state index in [4.69, 9.17) is 4.52 Å². The zero-order valence-corrected chi connectivity index (χ0v) is 14.8. The molecule has 4 rings (SSSR count). The molecule has 0 saturated heterocycles. The van der Waals surface area contributed by atoms with Crippen molar-refractivity contribution in [2.45, 2.75) is 0 Å². The fourth-order valence-electron chi connectivity index (χ4n) is 3.04. The molecule has 4 aromatic rings. The lowest BCUT2D eigenvalue weighted by molar-refractivity contribution is 0.631. The van der Waals surface area contributed by atoms with Crippen molar-refractivity contribution in [3.05, 3.63) is 97.6 Å². The topological polar surface area (TPSA) is 9.23 Å². The van der Waals surface area contributed by atoms with Crippen molar-refractivity contribution < 1.29 is 4.52 Å². The third-order valence-electron chi connectivity index (χ3n) is 4.25. The lowest BCUT2D eigenvalue weighted by Gasteiger charge is -2.19. The number of rotatable bonds is 5. The van der Waals surface area contributed by atoms with Crippen LogP contribution in [-0.2, 0) is 0 Å². The van der Waals surface area contributed by atoms with Crippen LogP contribution in [0.4, 0.5) is 0 Å². The average Bonchev–Trinajstić information content (AvgIpc) is 2.67. The van der Waals surface area contributed by atoms with Gasteiger partial charge in [-0.3, -0.25) is 0 Å². The van der Waals surface area contributed by atoms with Gasteiger partial charge in [-0.1, -0.05) is 72.8 Å². The molecule has 0 radical (unpaired) electrons. The van der Waals surface area contributed by atoms with E-state index in [1.807, 2.05) is 12.1 Å². The average molecular weight is 342 g/mol. The molecule has 0 saturated carbocycles. The summed E-state index contributed by atoms with van der Waals surface area (Å²) >= 11 is 0. The van der Waals surface area contributed by atoms with Crippen LogP contribution < -0.4 is 9.83 Å². The summed E-state index contributed by atoms with van der Waals surface area (Å²) in [5.74, 6) is 0.945. The van der Waals surface area contributed by atoms with Crippen molar-refractivity contribution in [2.24, 2.45) is 0 Å². The van der Waals surface area contributed by atoms with E-state index in [0.29, 0.717) is 0 Å². The van der Waals surface area contributed by atoms with Gasteiger partial charge in [-0.15, -0.1) is 6.58 Å². The van der Waals surface area contributed by atoms with Crippen molar-refractivity contribution >= 4 is 35.0 Å². The number of hydrogen-bond acceptors (Lipinski definition) is 1. The molecule has 0 aliphatic rings. The normalized spacial score (nSPS) is 12.2. The third-order valence-corrected chi connectivity index (χ3v) is 6.14. The first-order valence-electron chi connectivity index (χ1n) is 8.38. The molecular formula is C23H19OP. The maximum absolute atomic E-state index is 6.50. The lowest BCUT2D eigenvalue weighted by atomic mass is 10.0. The van der Waals surface area contributed by atoms with Crippen LogP contribution in [0.15, 0.2) is 97.6 Å². The van der Waals surface area contributed by atoms with Crippen molar-refractivity contribution in [3.8, 4) is 5.75 Å². The number of benzene rings is 4. The summed E-state index contributed by atoms with van der Waals surface area (Å²) < 4.78 is 6.50. The second-order valence-corrected chi connectivity index (χ2v) is 7.77. The van der Waals surface area contributed by atoms with Gasteiger partial charge in [0.15, 0.2) is 0 Å². The summed E-state index contributed by atoms with van der Waals surface area (Å²) in [5, 5.41) is 6.09. The highest BCUT2D eigenvalue weighted by Crippen LogP contribution is 2.41. The summed E-state index contributed by atoms with van der Waals surface area (Å²) in [6.07, 6.45) is 2.78. The minimum absolute atomic E-state index is 0.767. The van der Waals surface area contributed by atoms with Crippen LogP contribution in [0.1, 0.15) is 0 Å². The Hall–Kier alpha value is -2.63. The Labute approximate surface area is 149 Å². The van der Waals surface area contributed by atoms with E-state index in [1.54, 1.807) is 0 Å². The van der Waals surface area contributed by atoms with Gasteiger partial charge in [0, 0.05) is 16.9 Å². The molecule has 4 aromatic carbocycles. The molecule has 1 nitrogen and oxygen atoms in total. The van der Waals surface area contributed by atoms with E-state index in [0.717, 1.165) is 17.3 Å². The highest BCUT2D eigenvalue weighted by atomic mass is 31.1. The monoisotopic (exact) mass is 342 g/mol. The molecule has 0 bridgehead atoms. The molecule has 0 aliphatic heterocycles. The van der Waals surface area contributed by atoms with E-state index in [-0.39, 0.29) is 0 Å². The Morgan fingerprint density at radius 1 is 0.760 bits per heavy atom. The molecule has 1 atom stereocenters. The van der Waals surface area contributed by atoms with Gasteiger partial charge >= 0.3 is 0 Å². The van der Waals surface area contributed by atoms with Gasteiger partial charge in [-0.05, 0) is 34.4 Å². The molecule has 2 heteroatoms. The first-order valence-corrected chi connectivity index (χ1v) is 9.82. The Bertz CT molecular complexity index is 1020. The van der Waals surface area contributed by atoms with Crippen molar-refractivity contribution in [1.82, 2.24) is 0 Å². The quantitative estimate of drug-likeness (QED) is 0.236. The van der Waals surface area contributed by atoms with E-state index in [9.17, 15) is 0 Å². The fraction of sp³-hybridized carbons (Fsp3) is 0.0435. The first kappa shape index (κ1) is 15.9. The SMILES string of the molecule is C=CCP(Oc1cccc2cc3ccccc3cc12)c1ccccc1. The molecule has 0 aromatic heterocycles. The Morgan fingerprint density at radius 2 is 1.44 bits per heavy atom. The summed E-state index contributed by atoms with van der Waals surface area (Å²) in [7, 11) is -0.767. The lowest BCUT2D eigenvalue weighted by Crippen LogP contribution is -2.06. The van der Waals surface area contributed by atoms with Crippen molar-refractivity contribution in [2.75, 3.05) is 6.16 Å². The van der Waals surface area contributed by atoms with Crippen LogP contribution in [-0.4, -0.2) is 6.16 Å². The van der Waals surface area contributed by atoms with Gasteiger partial charge in [0.2, 0.25) is 0 Å². The van der Waals surface area contributed by atoms with Gasteiger partial charge in [0.05, 0.1) is 0 Å². The van der Waals surface area contributed by atoms with E-state index in [1.165, 1.54) is 21.5 Å².